The van der Waals surface area contributed by atoms with Crippen molar-refractivity contribution < 1.29 is 9.31 Å². The summed E-state index contributed by atoms with van der Waals surface area (Å²) in [5, 5.41) is 11.7. The molecular formula is C14H8ClFN2O2. The fraction of sp³-hybridized carbons (Fsp3) is 0. The largest absolute Gasteiger partial charge is 0.354 e. The van der Waals surface area contributed by atoms with Crippen molar-refractivity contribution in [2.75, 3.05) is 0 Å². The van der Waals surface area contributed by atoms with Gasteiger partial charge in [-0.1, -0.05) is 17.7 Å². The first-order valence-electron chi connectivity index (χ1n) is 5.78. The lowest BCUT2D eigenvalue weighted by Crippen LogP contribution is -1.87. The van der Waals surface area contributed by atoms with Gasteiger partial charge in [0.2, 0.25) is 0 Å². The highest BCUT2D eigenvalue weighted by atomic mass is 35.5. The van der Waals surface area contributed by atoms with Crippen LogP contribution in [0, 0.1) is 15.9 Å². The molecule has 0 atom stereocenters. The SMILES string of the molecule is O=[N+]([O-])c1cccc2[nH]c(-c3ccc(Cl)cc3F)cc12. The lowest BCUT2D eigenvalue weighted by molar-refractivity contribution is -0.383. The second-order valence-corrected chi connectivity index (χ2v) is 4.74. The predicted molar refractivity (Wildman–Crippen MR) is 75.4 cm³/mol. The fourth-order valence-corrected chi connectivity index (χ4v) is 2.31. The molecule has 0 spiro atoms. The van der Waals surface area contributed by atoms with Gasteiger partial charge in [-0.25, -0.2) is 4.39 Å². The summed E-state index contributed by atoms with van der Waals surface area (Å²) in [5.41, 5.74) is 1.37. The van der Waals surface area contributed by atoms with Crippen molar-refractivity contribution in [3.63, 3.8) is 0 Å². The summed E-state index contributed by atoms with van der Waals surface area (Å²) in [5.74, 6) is -0.480. The third-order valence-corrected chi connectivity index (χ3v) is 3.29. The van der Waals surface area contributed by atoms with Crippen LogP contribution in [0.25, 0.3) is 22.2 Å². The molecule has 0 fully saturated rings. The molecule has 1 aromatic heterocycles. The van der Waals surface area contributed by atoms with Gasteiger partial charge >= 0.3 is 0 Å². The minimum Gasteiger partial charge on any atom is -0.354 e. The minimum atomic E-state index is -0.480. The molecule has 1 N–H and O–H groups in total. The number of nitrogens with one attached hydrogen (secondary N) is 1. The summed E-state index contributed by atoms with van der Waals surface area (Å²) in [7, 11) is 0. The van der Waals surface area contributed by atoms with Crippen LogP contribution in [0.1, 0.15) is 0 Å². The van der Waals surface area contributed by atoms with Gasteiger partial charge in [-0.2, -0.15) is 0 Å². The molecule has 0 saturated carbocycles. The van der Waals surface area contributed by atoms with Gasteiger partial charge in [-0.15, -0.1) is 0 Å². The van der Waals surface area contributed by atoms with E-state index in [1.54, 1.807) is 24.3 Å². The Hall–Kier alpha value is -2.40. The Morgan fingerprint density at radius 1 is 1.20 bits per heavy atom. The van der Waals surface area contributed by atoms with E-state index >= 15 is 0 Å². The Balaban J connectivity index is 2.23. The maximum atomic E-state index is 13.9. The number of rotatable bonds is 2. The van der Waals surface area contributed by atoms with Crippen molar-refractivity contribution in [1.29, 1.82) is 0 Å². The molecule has 4 nitrogen and oxygen atoms in total. The predicted octanol–water partition coefficient (Wildman–Crippen LogP) is 4.54. The summed E-state index contributed by atoms with van der Waals surface area (Å²) in [6.45, 7) is 0. The molecular weight excluding hydrogens is 283 g/mol. The Morgan fingerprint density at radius 3 is 2.70 bits per heavy atom. The maximum Gasteiger partial charge on any atom is 0.278 e. The van der Waals surface area contributed by atoms with Gasteiger partial charge in [0.05, 0.1) is 15.8 Å². The highest BCUT2D eigenvalue weighted by molar-refractivity contribution is 6.30. The molecule has 0 amide bonds. The molecule has 6 heteroatoms. The van der Waals surface area contributed by atoms with Gasteiger partial charge in [0, 0.05) is 22.3 Å². The second-order valence-electron chi connectivity index (χ2n) is 4.30. The zero-order valence-electron chi connectivity index (χ0n) is 10.1. The zero-order chi connectivity index (χ0) is 14.3. The van der Waals surface area contributed by atoms with Crippen LogP contribution in [0.15, 0.2) is 42.5 Å². The molecule has 0 bridgehead atoms. The van der Waals surface area contributed by atoms with E-state index in [4.69, 9.17) is 11.6 Å². The molecule has 2 aromatic carbocycles. The number of benzene rings is 2. The number of non-ortho nitro benzene ring substituents is 1. The summed E-state index contributed by atoms with van der Waals surface area (Å²) < 4.78 is 13.9. The van der Waals surface area contributed by atoms with Crippen molar-refractivity contribution in [2.45, 2.75) is 0 Å². The molecule has 0 aliphatic carbocycles. The number of nitro benzene ring substituents is 1. The number of nitrogens with zero attached hydrogens (tertiary/aromatic N) is 1. The van der Waals surface area contributed by atoms with Crippen LogP contribution in [0.2, 0.25) is 5.02 Å². The van der Waals surface area contributed by atoms with Gasteiger partial charge in [0.1, 0.15) is 5.82 Å². The lowest BCUT2D eigenvalue weighted by atomic mass is 10.1. The van der Waals surface area contributed by atoms with E-state index in [2.05, 4.69) is 4.98 Å². The standard InChI is InChI=1S/C14H8ClFN2O2/c15-8-4-5-9(11(16)6-8)13-7-10-12(17-13)2-1-3-14(10)18(19)20/h1-7,17H. The average molecular weight is 291 g/mol. The quantitative estimate of drug-likeness (QED) is 0.556. The van der Waals surface area contributed by atoms with Gasteiger partial charge in [-0.3, -0.25) is 10.1 Å². The van der Waals surface area contributed by atoms with E-state index in [1.807, 2.05) is 0 Å². The van der Waals surface area contributed by atoms with E-state index in [0.29, 0.717) is 27.2 Å². The molecule has 3 aromatic rings. The van der Waals surface area contributed by atoms with Crippen LogP contribution in [-0.4, -0.2) is 9.91 Å². The average Bonchev–Trinajstić information content (AvgIpc) is 2.81. The summed E-state index contributed by atoms with van der Waals surface area (Å²) in [6, 6.07) is 10.6. The van der Waals surface area contributed by atoms with Gasteiger partial charge in [0.15, 0.2) is 0 Å². The number of H-pyrrole nitrogens is 1. The molecule has 0 saturated heterocycles. The molecule has 0 unspecified atom stereocenters. The van der Waals surface area contributed by atoms with Crippen molar-refractivity contribution in [2.24, 2.45) is 0 Å². The molecule has 0 aliphatic rings. The van der Waals surface area contributed by atoms with Gasteiger partial charge < -0.3 is 4.98 Å². The normalized spacial score (nSPS) is 10.9. The Labute approximate surface area is 118 Å². The first-order chi connectivity index (χ1) is 9.56. The zero-order valence-corrected chi connectivity index (χ0v) is 10.8. The first kappa shape index (κ1) is 12.6. The van der Waals surface area contributed by atoms with Crippen molar-refractivity contribution >= 4 is 28.2 Å². The smallest absolute Gasteiger partial charge is 0.278 e. The number of halogens is 2. The van der Waals surface area contributed by atoms with Gasteiger partial charge in [-0.05, 0) is 30.3 Å². The molecule has 100 valence electrons. The van der Waals surface area contributed by atoms with E-state index < -0.39 is 10.7 Å². The maximum absolute atomic E-state index is 13.9. The molecule has 20 heavy (non-hydrogen) atoms. The summed E-state index contributed by atoms with van der Waals surface area (Å²) >= 11 is 5.71. The van der Waals surface area contributed by atoms with Crippen molar-refractivity contribution in [3.8, 4) is 11.3 Å². The van der Waals surface area contributed by atoms with Crippen molar-refractivity contribution in [3.05, 3.63) is 63.4 Å². The van der Waals surface area contributed by atoms with Crippen molar-refractivity contribution in [1.82, 2.24) is 4.98 Å². The summed E-state index contributed by atoms with van der Waals surface area (Å²) in [6.07, 6.45) is 0. The second kappa shape index (κ2) is 4.61. The topological polar surface area (TPSA) is 58.9 Å². The first-order valence-corrected chi connectivity index (χ1v) is 6.15. The Kier molecular flexibility index (Phi) is 2.91. The molecule has 0 radical (unpaired) electrons. The molecule has 3 rings (SSSR count). The number of aromatic nitrogens is 1. The number of fused-ring (bicyclic) bond motifs is 1. The Bertz CT molecular complexity index is 829. The number of aromatic amines is 1. The highest BCUT2D eigenvalue weighted by Gasteiger charge is 2.15. The monoisotopic (exact) mass is 290 g/mol. The van der Waals surface area contributed by atoms with Gasteiger partial charge in [0.25, 0.3) is 5.69 Å². The third-order valence-electron chi connectivity index (χ3n) is 3.06. The number of hydrogen-bond donors (Lipinski definition) is 1. The Morgan fingerprint density at radius 2 is 2.00 bits per heavy atom. The molecule has 1 heterocycles. The number of hydrogen-bond acceptors (Lipinski definition) is 2. The fourth-order valence-electron chi connectivity index (χ4n) is 2.15. The van der Waals surface area contributed by atoms with E-state index in [-0.39, 0.29) is 5.69 Å². The van der Waals surface area contributed by atoms with Crippen LogP contribution in [0.4, 0.5) is 10.1 Å². The van der Waals surface area contributed by atoms with Crippen LogP contribution >= 0.6 is 11.6 Å². The number of nitro groups is 1. The van der Waals surface area contributed by atoms with Crippen LogP contribution in [0.5, 0.6) is 0 Å². The van der Waals surface area contributed by atoms with E-state index in [9.17, 15) is 14.5 Å². The third kappa shape index (κ3) is 2.02. The highest BCUT2D eigenvalue weighted by Crippen LogP contribution is 2.32. The minimum absolute atomic E-state index is 0.0145. The van der Waals surface area contributed by atoms with Crippen LogP contribution in [-0.2, 0) is 0 Å². The van der Waals surface area contributed by atoms with E-state index in [0.717, 1.165) is 0 Å². The van der Waals surface area contributed by atoms with Crippen LogP contribution in [0.3, 0.4) is 0 Å². The van der Waals surface area contributed by atoms with Crippen LogP contribution < -0.4 is 0 Å². The molecule has 0 aliphatic heterocycles. The lowest BCUT2D eigenvalue weighted by Gasteiger charge is -2.00. The van der Waals surface area contributed by atoms with E-state index in [1.165, 1.54) is 18.2 Å². The summed E-state index contributed by atoms with van der Waals surface area (Å²) in [4.78, 5) is 13.5.